The van der Waals surface area contributed by atoms with Crippen LogP contribution in [0, 0.1) is 0 Å². The summed E-state index contributed by atoms with van der Waals surface area (Å²) in [5, 5.41) is 2.55. The Labute approximate surface area is 111 Å². The lowest BCUT2D eigenvalue weighted by molar-refractivity contribution is -0.117. The van der Waals surface area contributed by atoms with Crippen molar-refractivity contribution < 1.29 is 17.8 Å². The molecule has 8 heteroatoms. The zero-order chi connectivity index (χ0) is 14.5. The molecule has 0 heterocycles. The Balaban J connectivity index is 2.65. The molecule has 0 aliphatic carbocycles. The molecule has 1 amide bonds. The number of nitrogens with one attached hydrogen (secondary N) is 1. The summed E-state index contributed by atoms with van der Waals surface area (Å²) in [7, 11) is -4.23. The highest BCUT2D eigenvalue weighted by molar-refractivity contribution is 7.85. The number of carbonyl (C=O) groups is 1. The molecule has 0 aliphatic heterocycles. The first-order valence-electron chi connectivity index (χ1n) is 5.68. The van der Waals surface area contributed by atoms with Gasteiger partial charge >= 0.3 is 0 Å². The van der Waals surface area contributed by atoms with Gasteiger partial charge in [-0.05, 0) is 43.7 Å². The third kappa shape index (κ3) is 4.95. The van der Waals surface area contributed by atoms with Crippen molar-refractivity contribution in [1.82, 2.24) is 0 Å². The van der Waals surface area contributed by atoms with E-state index in [9.17, 15) is 13.2 Å². The zero-order valence-electron chi connectivity index (χ0n) is 10.2. The molecule has 0 spiro atoms. The number of carbonyl (C=O) groups excluding carboxylic acids is 1. The maximum Gasteiger partial charge on any atom is 0.294 e. The fraction of sp³-hybridized carbons (Fsp3) is 0.364. The monoisotopic (exact) mass is 287 g/mol. The van der Waals surface area contributed by atoms with E-state index in [-0.39, 0.29) is 10.8 Å². The van der Waals surface area contributed by atoms with Gasteiger partial charge in [-0.3, -0.25) is 9.35 Å². The van der Waals surface area contributed by atoms with Gasteiger partial charge in [0.1, 0.15) is 0 Å². The van der Waals surface area contributed by atoms with Crippen LogP contribution in [0.4, 0.5) is 5.69 Å². The third-order valence-corrected chi connectivity index (χ3v) is 3.34. The van der Waals surface area contributed by atoms with E-state index in [2.05, 4.69) is 5.32 Å². The van der Waals surface area contributed by atoms with Gasteiger partial charge in [-0.25, -0.2) is 0 Å². The van der Waals surface area contributed by atoms with Crippen LogP contribution in [0.2, 0.25) is 0 Å². The number of rotatable bonds is 6. The van der Waals surface area contributed by atoms with Crippen molar-refractivity contribution in [3.63, 3.8) is 0 Å². The second-order valence-electron chi connectivity index (χ2n) is 4.03. The molecular formula is C11H17N3O4S. The number of benzene rings is 1. The van der Waals surface area contributed by atoms with Crippen LogP contribution in [0.1, 0.15) is 12.8 Å². The topological polar surface area (TPSA) is 136 Å². The van der Waals surface area contributed by atoms with Gasteiger partial charge in [0, 0.05) is 5.69 Å². The van der Waals surface area contributed by atoms with Crippen molar-refractivity contribution in [3.05, 3.63) is 24.3 Å². The summed E-state index contributed by atoms with van der Waals surface area (Å²) in [4.78, 5) is 11.4. The fourth-order valence-electron chi connectivity index (χ4n) is 1.41. The molecule has 1 rings (SSSR count). The average molecular weight is 287 g/mol. The molecule has 0 unspecified atom stereocenters. The Morgan fingerprint density at radius 3 is 2.37 bits per heavy atom. The van der Waals surface area contributed by atoms with Crippen LogP contribution < -0.4 is 16.8 Å². The van der Waals surface area contributed by atoms with E-state index in [0.717, 1.165) is 0 Å². The minimum absolute atomic E-state index is 0.238. The van der Waals surface area contributed by atoms with Crippen molar-refractivity contribution in [2.45, 2.75) is 23.8 Å². The molecule has 0 fully saturated rings. The molecule has 0 aliphatic rings. The molecular weight excluding hydrogens is 270 g/mol. The quantitative estimate of drug-likeness (QED) is 0.541. The molecule has 1 aromatic rings. The van der Waals surface area contributed by atoms with Gasteiger partial charge in [-0.2, -0.15) is 8.42 Å². The van der Waals surface area contributed by atoms with Crippen molar-refractivity contribution in [2.24, 2.45) is 11.5 Å². The van der Waals surface area contributed by atoms with Gasteiger partial charge in [0.15, 0.2) is 0 Å². The molecule has 1 atom stereocenters. The molecule has 6 N–H and O–H groups in total. The second-order valence-corrected chi connectivity index (χ2v) is 5.45. The Morgan fingerprint density at radius 1 is 1.32 bits per heavy atom. The minimum atomic E-state index is -4.23. The average Bonchev–Trinajstić information content (AvgIpc) is 2.35. The van der Waals surface area contributed by atoms with E-state index < -0.39 is 16.2 Å². The zero-order valence-corrected chi connectivity index (χ0v) is 11.1. The Morgan fingerprint density at radius 2 is 1.89 bits per heavy atom. The normalized spacial score (nSPS) is 13.0. The third-order valence-electron chi connectivity index (χ3n) is 2.48. The number of hydrogen-bond donors (Lipinski definition) is 4. The standard InChI is InChI=1S/C11H17N3O4S/c12-7-1-2-10(13)11(15)14-8-3-5-9(6-4-8)19(16,17)18/h3-6,10H,1-2,7,12-13H2,(H,14,15)(H,16,17,18)/t10-/m0/s1. The van der Waals surface area contributed by atoms with Crippen LogP contribution in [0.15, 0.2) is 29.2 Å². The van der Waals surface area contributed by atoms with Gasteiger partial charge in [0.05, 0.1) is 10.9 Å². The van der Waals surface area contributed by atoms with Gasteiger partial charge < -0.3 is 16.8 Å². The second kappa shape index (κ2) is 6.62. The van der Waals surface area contributed by atoms with Crippen LogP contribution in [-0.4, -0.2) is 31.5 Å². The van der Waals surface area contributed by atoms with Crippen molar-refractivity contribution in [3.8, 4) is 0 Å². The lowest BCUT2D eigenvalue weighted by atomic mass is 10.1. The SMILES string of the molecule is NCCC[C@H](N)C(=O)Nc1ccc(S(=O)(=O)O)cc1. The lowest BCUT2D eigenvalue weighted by Gasteiger charge is -2.11. The van der Waals surface area contributed by atoms with Gasteiger partial charge in [-0.1, -0.05) is 0 Å². The van der Waals surface area contributed by atoms with Gasteiger partial charge in [-0.15, -0.1) is 0 Å². The number of amides is 1. The van der Waals surface area contributed by atoms with E-state index in [1.807, 2.05) is 0 Å². The van der Waals surface area contributed by atoms with Crippen LogP contribution >= 0.6 is 0 Å². The Hall–Kier alpha value is -1.48. The number of anilines is 1. The largest absolute Gasteiger partial charge is 0.330 e. The van der Waals surface area contributed by atoms with E-state index in [4.69, 9.17) is 16.0 Å². The summed E-state index contributed by atoms with van der Waals surface area (Å²) < 4.78 is 30.5. The lowest BCUT2D eigenvalue weighted by Crippen LogP contribution is -2.35. The molecule has 7 nitrogen and oxygen atoms in total. The maximum absolute atomic E-state index is 11.7. The highest BCUT2D eigenvalue weighted by Crippen LogP contribution is 2.14. The van der Waals surface area contributed by atoms with E-state index >= 15 is 0 Å². The van der Waals surface area contributed by atoms with Gasteiger partial charge in [0.2, 0.25) is 5.91 Å². The maximum atomic E-state index is 11.7. The molecule has 0 bridgehead atoms. The van der Waals surface area contributed by atoms with Crippen molar-refractivity contribution in [1.29, 1.82) is 0 Å². The Bertz CT molecular complexity index is 527. The molecule has 0 saturated carbocycles. The van der Waals surface area contributed by atoms with E-state index in [0.29, 0.717) is 25.1 Å². The van der Waals surface area contributed by atoms with Crippen molar-refractivity contribution in [2.75, 3.05) is 11.9 Å². The molecule has 0 aromatic heterocycles. The number of nitrogens with two attached hydrogens (primary N) is 2. The highest BCUT2D eigenvalue weighted by Gasteiger charge is 2.14. The first-order valence-corrected chi connectivity index (χ1v) is 7.12. The fourth-order valence-corrected chi connectivity index (χ4v) is 1.89. The summed E-state index contributed by atoms with van der Waals surface area (Å²) >= 11 is 0. The van der Waals surface area contributed by atoms with Crippen molar-refractivity contribution >= 4 is 21.7 Å². The van der Waals surface area contributed by atoms with Crippen LogP contribution in [0.5, 0.6) is 0 Å². The molecule has 0 saturated heterocycles. The van der Waals surface area contributed by atoms with Crippen LogP contribution in [0.25, 0.3) is 0 Å². The molecule has 106 valence electrons. The Kier molecular flexibility index (Phi) is 5.43. The van der Waals surface area contributed by atoms with Crippen LogP contribution in [-0.2, 0) is 14.9 Å². The molecule has 0 radical (unpaired) electrons. The summed E-state index contributed by atoms with van der Waals surface area (Å²) in [6.45, 7) is 0.462. The molecule has 1 aromatic carbocycles. The predicted molar refractivity (Wildman–Crippen MR) is 71.2 cm³/mol. The first kappa shape index (κ1) is 15.6. The summed E-state index contributed by atoms with van der Waals surface area (Å²) in [6, 6.07) is 4.46. The number of hydrogen-bond acceptors (Lipinski definition) is 5. The van der Waals surface area contributed by atoms with Crippen LogP contribution in [0.3, 0.4) is 0 Å². The minimum Gasteiger partial charge on any atom is -0.330 e. The predicted octanol–water partition coefficient (Wildman–Crippen LogP) is -0.0620. The van der Waals surface area contributed by atoms with Gasteiger partial charge in [0.25, 0.3) is 10.1 Å². The summed E-state index contributed by atoms with van der Waals surface area (Å²) in [5.74, 6) is -0.368. The first-order chi connectivity index (χ1) is 8.84. The van der Waals surface area contributed by atoms with E-state index in [1.54, 1.807) is 0 Å². The summed E-state index contributed by atoms with van der Waals surface area (Å²) in [6.07, 6.45) is 1.13. The highest BCUT2D eigenvalue weighted by atomic mass is 32.2. The smallest absolute Gasteiger partial charge is 0.294 e. The van der Waals surface area contributed by atoms with E-state index in [1.165, 1.54) is 24.3 Å². The summed E-state index contributed by atoms with van der Waals surface area (Å²) in [5.41, 5.74) is 11.4. The molecule has 19 heavy (non-hydrogen) atoms.